The van der Waals surface area contributed by atoms with Crippen molar-refractivity contribution in [3.05, 3.63) is 107 Å². The Morgan fingerprint density at radius 1 is 0.776 bits per heavy atom. The lowest BCUT2D eigenvalue weighted by atomic mass is 10.1. The molecule has 268 valence electrons. The van der Waals surface area contributed by atoms with Crippen LogP contribution < -0.4 is 17.0 Å². The van der Waals surface area contributed by atoms with E-state index in [1.54, 1.807) is 0 Å². The molecule has 0 amide bonds. The lowest BCUT2D eigenvalue weighted by molar-refractivity contribution is -0.169. The zero-order valence-corrected chi connectivity index (χ0v) is 24.2. The highest BCUT2D eigenvalue weighted by Crippen LogP contribution is 2.36. The summed E-state index contributed by atoms with van der Waals surface area (Å²) >= 11 is 0. The molecule has 0 radical (unpaired) electrons. The van der Waals surface area contributed by atoms with Crippen LogP contribution in [0.25, 0.3) is 5.69 Å². The third kappa shape index (κ3) is 14.6. The van der Waals surface area contributed by atoms with Crippen LogP contribution in [0.3, 0.4) is 0 Å². The number of para-hydroxylation sites is 2. The second kappa shape index (κ2) is 18.3. The first-order chi connectivity index (χ1) is 22.0. The van der Waals surface area contributed by atoms with Gasteiger partial charge >= 0.3 is 24.7 Å². The number of nitrogens with one attached hydrogen (secondary N) is 1. The molecule has 0 saturated heterocycles. The van der Waals surface area contributed by atoms with Gasteiger partial charge in [-0.15, -0.1) is 0 Å². The Morgan fingerprint density at radius 3 is 1.59 bits per heavy atom. The molecule has 49 heavy (non-hydrogen) atoms. The van der Waals surface area contributed by atoms with Gasteiger partial charge in [0.1, 0.15) is 12.2 Å². The van der Waals surface area contributed by atoms with E-state index in [4.69, 9.17) is 16.8 Å². The van der Waals surface area contributed by atoms with Gasteiger partial charge in [0.2, 0.25) is 5.78 Å². The van der Waals surface area contributed by atoms with Gasteiger partial charge in [-0.25, -0.2) is 4.68 Å². The molecule has 0 aliphatic rings. The van der Waals surface area contributed by atoms with Gasteiger partial charge in [0, 0.05) is 6.07 Å². The summed E-state index contributed by atoms with van der Waals surface area (Å²) in [6, 6.07) is 21.0. The third-order valence-electron chi connectivity index (χ3n) is 5.35. The SMILES string of the molecule is C.Cc1ccccc1.N#CCC(=O)C(F)(F)F.NNc1ccccc1C(F)(F)F.Nc1cc(C(F)(F)F)nn1-c1ccccc1C(F)(F)F. The number of halogens is 12. The number of hydrazine groups is 1. The van der Waals surface area contributed by atoms with Crippen molar-refractivity contribution >= 4 is 17.3 Å². The van der Waals surface area contributed by atoms with E-state index in [1.807, 2.05) is 23.6 Å². The van der Waals surface area contributed by atoms with E-state index in [0.717, 1.165) is 30.3 Å². The van der Waals surface area contributed by atoms with Gasteiger partial charge < -0.3 is 11.2 Å². The zero-order valence-electron chi connectivity index (χ0n) is 24.2. The molecule has 0 aliphatic heterocycles. The number of carbonyl (C=O) groups is 1. The molecule has 5 N–H and O–H groups in total. The van der Waals surface area contributed by atoms with E-state index in [0.29, 0.717) is 10.7 Å². The first-order valence-electron chi connectivity index (χ1n) is 12.7. The van der Waals surface area contributed by atoms with Gasteiger partial charge in [-0.2, -0.15) is 63.0 Å². The Labute approximate surface area is 271 Å². The minimum absolute atomic E-state index is 0. The number of nitriles is 1. The average Bonchev–Trinajstić information content (AvgIpc) is 3.39. The van der Waals surface area contributed by atoms with Crippen molar-refractivity contribution in [2.45, 2.75) is 45.5 Å². The first kappa shape index (κ1) is 43.8. The summed E-state index contributed by atoms with van der Waals surface area (Å²) in [5.41, 5.74) is 4.70. The summed E-state index contributed by atoms with van der Waals surface area (Å²) in [5, 5.41) is 10.7. The van der Waals surface area contributed by atoms with Crippen molar-refractivity contribution in [3.63, 3.8) is 0 Å². The minimum Gasteiger partial charge on any atom is -0.384 e. The molecule has 1 aromatic heterocycles. The van der Waals surface area contributed by atoms with Crippen LogP contribution in [0.15, 0.2) is 84.9 Å². The van der Waals surface area contributed by atoms with Crippen molar-refractivity contribution in [2.75, 3.05) is 11.2 Å². The van der Waals surface area contributed by atoms with E-state index in [2.05, 4.69) is 24.2 Å². The minimum atomic E-state index is -4.85. The molecule has 7 nitrogen and oxygen atoms in total. The highest BCUT2D eigenvalue weighted by Gasteiger charge is 2.38. The smallest absolute Gasteiger partial charge is 0.384 e. The van der Waals surface area contributed by atoms with E-state index < -0.39 is 65.2 Å². The number of aryl methyl sites for hydroxylation is 1. The number of carbonyl (C=O) groups excluding carboxylic acids is 1. The fraction of sp³-hybridized carbons (Fsp3) is 0.233. The molecule has 3 aromatic carbocycles. The van der Waals surface area contributed by atoms with Crippen molar-refractivity contribution < 1.29 is 57.5 Å². The van der Waals surface area contributed by atoms with Crippen LogP contribution in [0.5, 0.6) is 0 Å². The predicted octanol–water partition coefficient (Wildman–Crippen LogP) is 9.15. The summed E-state index contributed by atoms with van der Waals surface area (Å²) in [5.74, 6) is 2.37. The summed E-state index contributed by atoms with van der Waals surface area (Å²) in [6.07, 6.45) is -19.8. The topological polar surface area (TPSA) is 123 Å². The van der Waals surface area contributed by atoms with Gasteiger partial charge in [-0.1, -0.05) is 67.6 Å². The number of hydrogen-bond acceptors (Lipinski definition) is 6. The number of ketones is 1. The van der Waals surface area contributed by atoms with Crippen LogP contribution in [0, 0.1) is 18.3 Å². The van der Waals surface area contributed by atoms with Crippen molar-refractivity contribution in [1.82, 2.24) is 9.78 Å². The normalized spacial score (nSPS) is 11.1. The fourth-order valence-electron chi connectivity index (χ4n) is 3.19. The summed E-state index contributed by atoms with van der Waals surface area (Å²) in [6.45, 7) is 2.08. The van der Waals surface area contributed by atoms with E-state index in [-0.39, 0.29) is 13.1 Å². The molecule has 0 fully saturated rings. The number of nitrogens with two attached hydrogens (primary N) is 2. The van der Waals surface area contributed by atoms with Crippen molar-refractivity contribution in [1.29, 1.82) is 5.26 Å². The monoisotopic (exact) mass is 716 g/mol. The van der Waals surface area contributed by atoms with Gasteiger partial charge in [0.05, 0.1) is 28.6 Å². The Kier molecular flexibility index (Phi) is 16.4. The first-order valence-corrected chi connectivity index (χ1v) is 12.7. The Balaban J connectivity index is 0.000000679. The molecule has 4 aromatic rings. The Hall–Kier alpha value is -5.25. The van der Waals surface area contributed by atoms with E-state index in [1.165, 1.54) is 29.8 Å². The van der Waals surface area contributed by atoms with Crippen LogP contribution in [0.1, 0.15) is 36.2 Å². The molecular formula is C30H28F12N6O. The largest absolute Gasteiger partial charge is 0.451 e. The lowest BCUT2D eigenvalue weighted by Gasteiger charge is -2.13. The van der Waals surface area contributed by atoms with Gasteiger partial charge in [-0.3, -0.25) is 10.6 Å². The summed E-state index contributed by atoms with van der Waals surface area (Å²) < 4.78 is 146. The lowest BCUT2D eigenvalue weighted by Crippen LogP contribution is -2.21. The number of aromatic nitrogens is 2. The number of alkyl halides is 12. The molecule has 4 rings (SSSR count). The van der Waals surface area contributed by atoms with E-state index >= 15 is 0 Å². The number of nitrogen functional groups attached to an aromatic ring is 2. The fourth-order valence-corrected chi connectivity index (χ4v) is 3.19. The van der Waals surface area contributed by atoms with E-state index in [9.17, 15) is 57.5 Å². The molecular weight excluding hydrogens is 688 g/mol. The number of benzene rings is 3. The molecule has 1 heterocycles. The second-order valence-electron chi connectivity index (χ2n) is 8.98. The van der Waals surface area contributed by atoms with Crippen molar-refractivity contribution in [2.24, 2.45) is 5.84 Å². The second-order valence-corrected chi connectivity index (χ2v) is 8.98. The molecule has 0 bridgehead atoms. The Bertz CT molecular complexity index is 1640. The van der Waals surface area contributed by atoms with Gasteiger partial charge in [-0.05, 0) is 31.2 Å². The number of anilines is 2. The number of Topliss-reactive ketones (excluding diaryl/α,β-unsaturated/α-hetero) is 1. The molecule has 0 aliphatic carbocycles. The zero-order chi connectivity index (χ0) is 36.9. The predicted molar refractivity (Wildman–Crippen MR) is 156 cm³/mol. The number of nitrogens with zero attached hydrogens (tertiary/aromatic N) is 3. The van der Waals surface area contributed by atoms with Crippen LogP contribution in [-0.4, -0.2) is 21.7 Å². The summed E-state index contributed by atoms with van der Waals surface area (Å²) in [7, 11) is 0. The van der Waals surface area contributed by atoms with Crippen LogP contribution >= 0.6 is 0 Å². The van der Waals surface area contributed by atoms with Gasteiger partial charge in [0.15, 0.2) is 5.69 Å². The molecule has 0 unspecified atom stereocenters. The van der Waals surface area contributed by atoms with Crippen LogP contribution in [-0.2, 0) is 23.3 Å². The van der Waals surface area contributed by atoms with Crippen LogP contribution in [0.2, 0.25) is 0 Å². The highest BCUT2D eigenvalue weighted by atomic mass is 19.4. The average molecular weight is 717 g/mol. The maximum Gasteiger partial charge on any atom is 0.451 e. The highest BCUT2D eigenvalue weighted by molar-refractivity contribution is 5.85. The molecule has 0 atom stereocenters. The maximum atomic E-state index is 12.8. The number of hydrogen-bond donors (Lipinski definition) is 3. The third-order valence-corrected chi connectivity index (χ3v) is 5.35. The number of rotatable bonds is 3. The molecule has 19 heteroatoms. The summed E-state index contributed by atoms with van der Waals surface area (Å²) in [4.78, 5) is 9.72. The standard InChI is InChI=1S/C11H7F6N3.C7H7F3N2.C7H8.C4H2F3NO.CH4/c12-10(13,14)6-3-1-2-4-7(6)20-9(18)5-8(19-20)11(15,16)17;8-7(9,10)5-3-1-2-4-6(5)12-11;1-7-5-3-2-4-6-7;5-4(6,7)3(9)1-2-8;/h1-5H,18H2;1-4,12H,11H2;2-6H,1H3;1H2;1H4. The molecule has 0 spiro atoms. The quantitative estimate of drug-likeness (QED) is 0.110. The Morgan fingerprint density at radius 2 is 1.24 bits per heavy atom. The van der Waals surface area contributed by atoms with Crippen molar-refractivity contribution in [3.8, 4) is 11.8 Å². The van der Waals surface area contributed by atoms with Crippen LogP contribution in [0.4, 0.5) is 64.2 Å². The molecule has 0 saturated carbocycles. The maximum absolute atomic E-state index is 12.8. The van der Waals surface area contributed by atoms with Gasteiger partial charge in [0.25, 0.3) is 0 Å².